The average molecular weight is 240 g/mol. The average Bonchev–Trinajstić information content (AvgIpc) is 2.42. The van der Waals surface area contributed by atoms with Gasteiger partial charge in [-0.3, -0.25) is 0 Å². The van der Waals surface area contributed by atoms with Crippen LogP contribution in [0.3, 0.4) is 0 Å². The Hall–Kier alpha value is -0.770. The van der Waals surface area contributed by atoms with Crippen LogP contribution in [0, 0.1) is 0 Å². The van der Waals surface area contributed by atoms with E-state index in [2.05, 4.69) is 11.8 Å². The second-order valence-corrected chi connectivity index (χ2v) is 4.96. The Morgan fingerprint density at radius 2 is 1.88 bits per heavy atom. The van der Waals surface area contributed by atoms with Gasteiger partial charge in [0, 0.05) is 25.7 Å². The molecule has 0 aromatic rings. The minimum atomic E-state index is 0.225. The van der Waals surface area contributed by atoms with E-state index >= 15 is 0 Å². The number of ether oxygens (including phenoxy) is 1. The maximum Gasteiger partial charge on any atom is 0.320 e. The molecular weight excluding hydrogens is 216 g/mol. The van der Waals surface area contributed by atoms with E-state index < -0.39 is 0 Å². The van der Waals surface area contributed by atoms with Crippen molar-refractivity contribution >= 4 is 6.03 Å². The van der Waals surface area contributed by atoms with Crippen LogP contribution in [0.15, 0.2) is 0 Å². The van der Waals surface area contributed by atoms with Crippen LogP contribution in [0.5, 0.6) is 0 Å². The summed E-state index contributed by atoms with van der Waals surface area (Å²) in [6.45, 7) is 5.81. The van der Waals surface area contributed by atoms with Crippen LogP contribution in [0.25, 0.3) is 0 Å². The fourth-order valence-electron chi connectivity index (χ4n) is 2.88. The highest BCUT2D eigenvalue weighted by atomic mass is 16.5. The van der Waals surface area contributed by atoms with Crippen LogP contribution < -0.4 is 0 Å². The quantitative estimate of drug-likeness (QED) is 0.740. The maximum absolute atomic E-state index is 12.4. The lowest BCUT2D eigenvalue weighted by Crippen LogP contribution is -2.51. The van der Waals surface area contributed by atoms with Gasteiger partial charge in [0.05, 0.1) is 13.2 Å². The lowest BCUT2D eigenvalue weighted by molar-refractivity contribution is 0.0376. The van der Waals surface area contributed by atoms with Crippen LogP contribution in [0.1, 0.15) is 39.0 Å². The Morgan fingerprint density at radius 3 is 2.47 bits per heavy atom. The van der Waals surface area contributed by atoms with Gasteiger partial charge in [-0.2, -0.15) is 0 Å². The smallest absolute Gasteiger partial charge is 0.320 e. The molecule has 0 radical (unpaired) electrons. The summed E-state index contributed by atoms with van der Waals surface area (Å²) in [6, 6.07) is 0.701. The summed E-state index contributed by atoms with van der Waals surface area (Å²) in [5, 5.41) is 0. The number of rotatable bonds is 2. The van der Waals surface area contributed by atoms with Gasteiger partial charge in [-0.05, 0) is 19.8 Å². The predicted molar refractivity (Wildman–Crippen MR) is 67.0 cm³/mol. The molecule has 4 nitrogen and oxygen atoms in total. The second-order valence-electron chi connectivity index (χ2n) is 4.96. The van der Waals surface area contributed by atoms with Crippen molar-refractivity contribution < 1.29 is 9.53 Å². The highest BCUT2D eigenvalue weighted by molar-refractivity contribution is 5.74. The summed E-state index contributed by atoms with van der Waals surface area (Å²) in [5.41, 5.74) is 0. The molecule has 0 N–H and O–H groups in total. The maximum atomic E-state index is 12.4. The first kappa shape index (κ1) is 12.7. The third-order valence-electron chi connectivity index (χ3n) is 3.88. The number of amides is 2. The Morgan fingerprint density at radius 1 is 1.24 bits per heavy atom. The lowest BCUT2D eigenvalue weighted by Gasteiger charge is -2.38. The molecule has 0 bridgehead atoms. The van der Waals surface area contributed by atoms with Crippen molar-refractivity contribution in [3.63, 3.8) is 0 Å². The molecule has 2 rings (SSSR count). The zero-order chi connectivity index (χ0) is 12.1. The van der Waals surface area contributed by atoms with Crippen LogP contribution in [0.2, 0.25) is 0 Å². The van der Waals surface area contributed by atoms with Crippen molar-refractivity contribution in [2.24, 2.45) is 0 Å². The first-order chi connectivity index (χ1) is 8.33. The first-order valence-corrected chi connectivity index (χ1v) is 6.96. The zero-order valence-corrected chi connectivity index (χ0v) is 10.9. The van der Waals surface area contributed by atoms with Crippen LogP contribution in [-0.4, -0.2) is 54.7 Å². The van der Waals surface area contributed by atoms with Gasteiger partial charge >= 0.3 is 6.03 Å². The summed E-state index contributed by atoms with van der Waals surface area (Å²) in [4.78, 5) is 16.4. The van der Waals surface area contributed by atoms with Crippen molar-refractivity contribution in [1.82, 2.24) is 9.80 Å². The van der Waals surface area contributed by atoms with E-state index in [-0.39, 0.29) is 6.03 Å². The topological polar surface area (TPSA) is 32.8 Å². The monoisotopic (exact) mass is 240 g/mol. The number of hydrogen-bond donors (Lipinski definition) is 0. The SMILES string of the molecule is CCN(C(=O)N1CCOCC1)C1CCCCC1. The van der Waals surface area contributed by atoms with Gasteiger partial charge in [-0.15, -0.1) is 0 Å². The number of nitrogens with zero attached hydrogens (tertiary/aromatic N) is 2. The minimum absolute atomic E-state index is 0.225. The molecule has 1 heterocycles. The molecule has 1 aliphatic carbocycles. The number of hydrogen-bond acceptors (Lipinski definition) is 2. The first-order valence-electron chi connectivity index (χ1n) is 6.96. The third kappa shape index (κ3) is 3.12. The van der Waals surface area contributed by atoms with E-state index in [0.717, 1.165) is 19.6 Å². The van der Waals surface area contributed by atoms with Crippen LogP contribution >= 0.6 is 0 Å². The lowest BCUT2D eigenvalue weighted by atomic mass is 9.94. The predicted octanol–water partition coefficient (Wildman–Crippen LogP) is 2.09. The van der Waals surface area contributed by atoms with Gasteiger partial charge in [-0.1, -0.05) is 19.3 Å². The molecule has 0 spiro atoms. The van der Waals surface area contributed by atoms with Gasteiger partial charge in [0.25, 0.3) is 0 Å². The molecule has 1 aliphatic heterocycles. The number of morpholine rings is 1. The highest BCUT2D eigenvalue weighted by Crippen LogP contribution is 2.23. The number of urea groups is 1. The largest absolute Gasteiger partial charge is 0.378 e. The Kier molecular flexibility index (Phi) is 4.66. The summed E-state index contributed by atoms with van der Waals surface area (Å²) in [6.07, 6.45) is 6.25. The second kappa shape index (κ2) is 6.24. The molecule has 0 atom stereocenters. The van der Waals surface area contributed by atoms with Gasteiger partial charge in [0.1, 0.15) is 0 Å². The molecule has 1 saturated heterocycles. The van der Waals surface area contributed by atoms with Crippen molar-refractivity contribution in [2.75, 3.05) is 32.8 Å². The fourth-order valence-corrected chi connectivity index (χ4v) is 2.88. The Bertz CT molecular complexity index is 246. The molecule has 4 heteroatoms. The molecule has 98 valence electrons. The van der Waals surface area contributed by atoms with Gasteiger partial charge in [0.15, 0.2) is 0 Å². The molecule has 2 fully saturated rings. The van der Waals surface area contributed by atoms with Crippen molar-refractivity contribution in [3.05, 3.63) is 0 Å². The van der Waals surface area contributed by atoms with Crippen molar-refractivity contribution in [1.29, 1.82) is 0 Å². The summed E-state index contributed by atoms with van der Waals surface area (Å²) in [7, 11) is 0. The molecule has 0 unspecified atom stereocenters. The van der Waals surface area contributed by atoms with E-state index in [1.165, 1.54) is 32.1 Å². The van der Waals surface area contributed by atoms with Crippen molar-refractivity contribution in [2.45, 2.75) is 45.1 Å². The van der Waals surface area contributed by atoms with E-state index in [9.17, 15) is 4.79 Å². The van der Waals surface area contributed by atoms with E-state index in [1.807, 2.05) is 4.90 Å². The molecule has 17 heavy (non-hydrogen) atoms. The Labute approximate surface area is 104 Å². The summed E-state index contributed by atoms with van der Waals surface area (Å²) in [5.74, 6) is 0. The number of carbonyl (C=O) groups is 1. The molecule has 2 amide bonds. The standard InChI is InChI=1S/C13H24N2O2/c1-2-15(12-6-4-3-5-7-12)13(16)14-8-10-17-11-9-14/h12H,2-11H2,1H3. The zero-order valence-electron chi connectivity index (χ0n) is 10.9. The Balaban J connectivity index is 1.93. The van der Waals surface area contributed by atoms with Crippen LogP contribution in [0.4, 0.5) is 4.79 Å². The molecular formula is C13H24N2O2. The highest BCUT2D eigenvalue weighted by Gasteiger charge is 2.28. The third-order valence-corrected chi connectivity index (χ3v) is 3.88. The fraction of sp³-hybridized carbons (Fsp3) is 0.923. The van der Waals surface area contributed by atoms with E-state index in [4.69, 9.17) is 4.74 Å². The molecule has 1 saturated carbocycles. The van der Waals surface area contributed by atoms with E-state index in [1.54, 1.807) is 0 Å². The van der Waals surface area contributed by atoms with Gasteiger partial charge in [-0.25, -0.2) is 4.79 Å². The molecule has 0 aromatic carbocycles. The molecule has 2 aliphatic rings. The van der Waals surface area contributed by atoms with E-state index in [0.29, 0.717) is 19.3 Å². The minimum Gasteiger partial charge on any atom is -0.378 e. The summed E-state index contributed by atoms with van der Waals surface area (Å²) < 4.78 is 5.30. The molecule has 0 aromatic heterocycles. The van der Waals surface area contributed by atoms with Crippen LogP contribution in [-0.2, 0) is 4.74 Å². The van der Waals surface area contributed by atoms with Crippen molar-refractivity contribution in [3.8, 4) is 0 Å². The normalized spacial score (nSPS) is 22.5. The number of carbonyl (C=O) groups excluding carboxylic acids is 1. The summed E-state index contributed by atoms with van der Waals surface area (Å²) >= 11 is 0. The van der Waals surface area contributed by atoms with Gasteiger partial charge in [0.2, 0.25) is 0 Å². The van der Waals surface area contributed by atoms with Gasteiger partial charge < -0.3 is 14.5 Å².